The first kappa shape index (κ1) is 13.8. The maximum atomic E-state index is 10.5. The highest BCUT2D eigenvalue weighted by atomic mass is 32.9. The summed E-state index contributed by atoms with van der Waals surface area (Å²) in [5, 5.41) is 0. The summed E-state index contributed by atoms with van der Waals surface area (Å²) in [5.74, 6) is 0.597. The van der Waals surface area contributed by atoms with Gasteiger partial charge in [0.05, 0.1) is 0 Å². The molecule has 0 rings (SSSR count). The zero-order valence-corrected chi connectivity index (χ0v) is 10.9. The fraction of sp³-hybridized carbons (Fsp3) is 1.00. The van der Waals surface area contributed by atoms with E-state index in [1.165, 1.54) is 0 Å². The van der Waals surface area contributed by atoms with Crippen molar-refractivity contribution in [3.63, 3.8) is 0 Å². The second-order valence-electron chi connectivity index (χ2n) is 1.65. The summed E-state index contributed by atoms with van der Waals surface area (Å²) in [6.07, 6.45) is 0. The molecule has 0 aliphatic rings. The molecule has 0 aliphatic heterocycles. The first-order chi connectivity index (χ1) is 5.21. The highest BCUT2D eigenvalue weighted by molar-refractivity contribution is 8.62. The zero-order chi connectivity index (χ0) is 9.83. The Bertz CT molecular complexity index is 197. The van der Waals surface area contributed by atoms with Crippen LogP contribution < -0.4 is 9.79 Å². The summed E-state index contributed by atoms with van der Waals surface area (Å²) >= 11 is 6.83. The molecule has 0 fully saturated rings. The van der Waals surface area contributed by atoms with Gasteiger partial charge in [0.1, 0.15) is 10.9 Å². The van der Waals surface area contributed by atoms with Crippen LogP contribution in [0.3, 0.4) is 0 Å². The van der Waals surface area contributed by atoms with Crippen LogP contribution in [0.15, 0.2) is 0 Å². The van der Waals surface area contributed by atoms with Crippen molar-refractivity contribution in [2.45, 2.75) is 0 Å². The Labute approximate surface area is 88.6 Å². The molecule has 0 spiro atoms. The zero-order valence-electron chi connectivity index (χ0n) is 5.73. The van der Waals surface area contributed by atoms with Crippen LogP contribution in [0.1, 0.15) is 0 Å². The van der Waals surface area contributed by atoms with Crippen molar-refractivity contribution in [2.75, 3.05) is 11.5 Å². The molecule has 0 aromatic heterocycles. The van der Waals surface area contributed by atoms with Gasteiger partial charge in [0.2, 0.25) is 22.4 Å². The van der Waals surface area contributed by atoms with Crippen molar-refractivity contribution in [2.24, 2.45) is 0 Å². The van der Waals surface area contributed by atoms with Gasteiger partial charge in [-0.3, -0.25) is 0 Å². The summed E-state index contributed by atoms with van der Waals surface area (Å²) in [7, 11) is 1.53. The molecule has 0 amide bonds. The van der Waals surface area contributed by atoms with Crippen LogP contribution in [0.25, 0.3) is 0 Å². The molecule has 0 heterocycles. The molecule has 4 nitrogen and oxygen atoms in total. The van der Waals surface area contributed by atoms with E-state index in [0.29, 0.717) is 16.7 Å². The molecule has 0 aromatic carbocycles. The van der Waals surface area contributed by atoms with E-state index in [4.69, 9.17) is 9.79 Å². The van der Waals surface area contributed by atoms with Gasteiger partial charge in [-0.2, -0.15) is 0 Å². The third kappa shape index (κ3) is 11.8. The Morgan fingerprint density at radius 3 is 1.83 bits per heavy atom. The first-order valence-electron chi connectivity index (χ1n) is 2.61. The number of thiol groups is 2. The molecule has 74 valence electrons. The lowest BCUT2D eigenvalue weighted by Crippen LogP contribution is -2.10. The predicted molar refractivity (Wildman–Crippen MR) is 60.7 cm³/mol. The Balaban J connectivity index is 3.90. The van der Waals surface area contributed by atoms with Gasteiger partial charge in [0.15, 0.2) is 0 Å². The largest absolute Gasteiger partial charge is 0.790 e. The molecular weight excluding hydrogens is 278 g/mol. The van der Waals surface area contributed by atoms with E-state index < -0.39 is 11.4 Å². The highest BCUT2D eigenvalue weighted by Gasteiger charge is 2.17. The maximum absolute atomic E-state index is 10.5. The lowest BCUT2D eigenvalue weighted by atomic mass is 11.0. The topological polar surface area (TPSA) is 86.6 Å². The van der Waals surface area contributed by atoms with Crippen LogP contribution in [0.4, 0.5) is 0 Å². The normalized spacial score (nSPS) is 12.8. The van der Waals surface area contributed by atoms with Crippen LogP contribution in [0.5, 0.6) is 0 Å². The maximum Gasteiger partial charge on any atom is 0.427 e. The fourth-order valence-corrected chi connectivity index (χ4v) is 5.62. The van der Waals surface area contributed by atoms with E-state index >= 15 is 0 Å². The Morgan fingerprint density at radius 1 is 1.08 bits per heavy atom. The van der Waals surface area contributed by atoms with Gasteiger partial charge in [-0.15, -0.1) is 12.2 Å². The molecule has 0 bridgehead atoms. The van der Waals surface area contributed by atoms with E-state index in [1.54, 1.807) is 0 Å². The predicted octanol–water partition coefficient (Wildman–Crippen LogP) is -0.928. The second-order valence-corrected chi connectivity index (χ2v) is 14.3. The van der Waals surface area contributed by atoms with Gasteiger partial charge in [-0.25, -0.2) is 0 Å². The summed E-state index contributed by atoms with van der Waals surface area (Å²) < 4.78 is 0. The van der Waals surface area contributed by atoms with Crippen LogP contribution >= 0.6 is 35.9 Å². The number of hydrogen-bond acceptors (Lipinski definition) is 2. The van der Waals surface area contributed by atoms with Gasteiger partial charge in [0.25, 0.3) is 0 Å². The van der Waals surface area contributed by atoms with Crippen molar-refractivity contribution >= 4 is 57.8 Å². The standard InChI is InChI=1S/C2H8O4P2S4/c3-7(4,9)11-1-2-12-8(5,6)10/h1-2H2,(H4-2,3,4,5,6,9,10). The van der Waals surface area contributed by atoms with Gasteiger partial charge >= 0.3 is 5.69 Å². The van der Waals surface area contributed by atoms with Crippen LogP contribution in [0.2, 0.25) is 0 Å². The molecule has 0 radical (unpaired) electrons. The lowest BCUT2D eigenvalue weighted by molar-refractivity contribution is -0.284. The molecular formula is C2H8O4P2S4. The lowest BCUT2D eigenvalue weighted by Gasteiger charge is -2.17. The van der Waals surface area contributed by atoms with Crippen molar-refractivity contribution in [1.29, 1.82) is 0 Å². The Kier molecular flexibility index (Phi) is 6.52. The molecule has 0 unspecified atom stereocenters. The molecule has 0 aliphatic carbocycles. The quantitative estimate of drug-likeness (QED) is 0.234. The van der Waals surface area contributed by atoms with E-state index in [2.05, 4.69) is 24.5 Å². The van der Waals surface area contributed by atoms with Crippen molar-refractivity contribution < 1.29 is 19.6 Å². The van der Waals surface area contributed by atoms with Crippen LogP contribution in [-0.2, 0) is 21.9 Å². The Hall–Kier alpha value is 1.84. The first-order valence-corrected chi connectivity index (χ1v) is 11.4. The summed E-state index contributed by atoms with van der Waals surface area (Å²) in [5.41, 5.74) is -6.69. The summed E-state index contributed by atoms with van der Waals surface area (Å²) in [6.45, 7) is 0. The second kappa shape index (κ2) is 5.66. The summed E-state index contributed by atoms with van der Waals surface area (Å²) in [6, 6.07) is 0. The van der Waals surface area contributed by atoms with E-state index in [9.17, 15) is 9.79 Å². The highest BCUT2D eigenvalue weighted by Crippen LogP contribution is 2.42. The summed E-state index contributed by atoms with van der Waals surface area (Å²) in [4.78, 5) is 38.5. The van der Waals surface area contributed by atoms with Gasteiger partial charge in [-0.05, 0) is 12.2 Å². The van der Waals surface area contributed by atoms with Gasteiger partial charge < -0.3 is 19.6 Å². The van der Waals surface area contributed by atoms with E-state index in [-0.39, 0.29) is 5.75 Å². The van der Waals surface area contributed by atoms with E-state index in [0.717, 1.165) is 10.9 Å². The van der Waals surface area contributed by atoms with Gasteiger partial charge in [-0.1, -0.05) is 0 Å². The van der Waals surface area contributed by atoms with Crippen LogP contribution in [0, 0.1) is 0 Å². The molecule has 0 atom stereocenters. The third-order valence-corrected chi connectivity index (χ3v) is 7.50. The molecule has 0 saturated carbocycles. The minimum Gasteiger partial charge on any atom is -0.790 e. The molecule has 2 N–H and O–H groups in total. The third-order valence-electron chi connectivity index (χ3n) is 0.602. The van der Waals surface area contributed by atoms with Crippen molar-refractivity contribution in [3.05, 3.63) is 0 Å². The molecule has 10 heteroatoms. The van der Waals surface area contributed by atoms with Crippen molar-refractivity contribution in [3.8, 4) is 0 Å². The van der Waals surface area contributed by atoms with Gasteiger partial charge in [0, 0.05) is 5.69 Å². The van der Waals surface area contributed by atoms with Crippen molar-refractivity contribution in [1.82, 2.24) is 0 Å². The molecule has 12 heavy (non-hydrogen) atoms. The minimum absolute atomic E-state index is 0.276. The SMILES string of the molecule is [O-]P([O-])(S)=[S+]CC[S+]=P(O)(O)S. The average Bonchev–Trinajstić information content (AvgIpc) is 1.76. The van der Waals surface area contributed by atoms with Crippen LogP contribution in [-0.4, -0.2) is 21.3 Å². The number of rotatable bonds is 3. The smallest absolute Gasteiger partial charge is 0.427 e. The monoisotopic (exact) mass is 286 g/mol. The average molecular weight is 286 g/mol. The molecule has 0 aromatic rings. The molecule has 0 saturated heterocycles. The van der Waals surface area contributed by atoms with E-state index in [1.807, 2.05) is 0 Å². The fourth-order valence-electron chi connectivity index (χ4n) is 0.312. The minimum atomic E-state index is -3.58. The Morgan fingerprint density at radius 2 is 1.50 bits per heavy atom. The number of hydrogen-bond donors (Lipinski definition) is 4.